The molecule has 0 radical (unpaired) electrons. The number of esters is 1. The predicted octanol–water partition coefficient (Wildman–Crippen LogP) is 4.22. The van der Waals surface area contributed by atoms with E-state index in [2.05, 4.69) is 0 Å². The first-order chi connectivity index (χ1) is 10.5. The molecule has 0 saturated heterocycles. The Morgan fingerprint density at radius 1 is 1.05 bits per heavy atom. The van der Waals surface area contributed by atoms with Crippen molar-refractivity contribution >= 4 is 5.97 Å². The Kier molecular flexibility index (Phi) is 5.53. The highest BCUT2D eigenvalue weighted by atomic mass is 19.1. The van der Waals surface area contributed by atoms with Crippen molar-refractivity contribution in [2.24, 2.45) is 5.92 Å². The van der Waals surface area contributed by atoms with Crippen LogP contribution in [0.2, 0.25) is 0 Å². The number of hydrogen-bond donors (Lipinski definition) is 0. The standard InChI is InChI=1S/C18H19FO3/c1-13(2)11-22-18(20)15-5-9-17(10-6-15)21-12-14-3-7-16(19)8-4-14/h3-10,13H,11-12H2,1-2H3. The Morgan fingerprint density at radius 3 is 2.27 bits per heavy atom. The topological polar surface area (TPSA) is 35.5 Å². The number of rotatable bonds is 6. The Hall–Kier alpha value is -2.36. The van der Waals surface area contributed by atoms with E-state index in [0.29, 0.717) is 30.4 Å². The molecule has 0 aliphatic carbocycles. The fourth-order valence-corrected chi connectivity index (χ4v) is 1.76. The van der Waals surface area contributed by atoms with Crippen LogP contribution >= 0.6 is 0 Å². The molecule has 0 aliphatic heterocycles. The molecule has 0 heterocycles. The van der Waals surface area contributed by atoms with Crippen molar-refractivity contribution in [2.75, 3.05) is 6.61 Å². The molecule has 0 amide bonds. The van der Waals surface area contributed by atoms with E-state index in [9.17, 15) is 9.18 Å². The van der Waals surface area contributed by atoms with Crippen molar-refractivity contribution in [1.82, 2.24) is 0 Å². The molecule has 0 aliphatic rings. The monoisotopic (exact) mass is 302 g/mol. The molecule has 2 aromatic carbocycles. The SMILES string of the molecule is CC(C)COC(=O)c1ccc(OCc2ccc(F)cc2)cc1. The largest absolute Gasteiger partial charge is 0.489 e. The van der Waals surface area contributed by atoms with Crippen LogP contribution in [0.4, 0.5) is 4.39 Å². The third kappa shape index (κ3) is 4.88. The van der Waals surface area contributed by atoms with Gasteiger partial charge >= 0.3 is 5.97 Å². The van der Waals surface area contributed by atoms with Gasteiger partial charge in [0.05, 0.1) is 12.2 Å². The van der Waals surface area contributed by atoms with Crippen molar-refractivity contribution in [3.8, 4) is 5.75 Å². The molecule has 2 aromatic rings. The van der Waals surface area contributed by atoms with E-state index in [0.717, 1.165) is 5.56 Å². The lowest BCUT2D eigenvalue weighted by Crippen LogP contribution is -2.10. The fourth-order valence-electron chi connectivity index (χ4n) is 1.76. The third-order valence-corrected chi connectivity index (χ3v) is 2.96. The van der Waals surface area contributed by atoms with E-state index < -0.39 is 0 Å². The summed E-state index contributed by atoms with van der Waals surface area (Å²) in [5, 5.41) is 0. The summed E-state index contributed by atoms with van der Waals surface area (Å²) in [5.41, 5.74) is 1.37. The molecule has 0 N–H and O–H groups in total. The fraction of sp³-hybridized carbons (Fsp3) is 0.278. The predicted molar refractivity (Wildman–Crippen MR) is 82.3 cm³/mol. The van der Waals surface area contributed by atoms with Gasteiger partial charge in [0.2, 0.25) is 0 Å². The van der Waals surface area contributed by atoms with E-state index in [1.54, 1.807) is 36.4 Å². The van der Waals surface area contributed by atoms with Crippen LogP contribution in [-0.4, -0.2) is 12.6 Å². The van der Waals surface area contributed by atoms with Crippen molar-refractivity contribution in [1.29, 1.82) is 0 Å². The number of benzene rings is 2. The molecule has 2 rings (SSSR count). The van der Waals surface area contributed by atoms with Crippen LogP contribution < -0.4 is 4.74 Å². The van der Waals surface area contributed by atoms with Gasteiger partial charge in [0.1, 0.15) is 18.2 Å². The van der Waals surface area contributed by atoms with Gasteiger partial charge < -0.3 is 9.47 Å². The van der Waals surface area contributed by atoms with Crippen LogP contribution in [0.15, 0.2) is 48.5 Å². The molecule has 0 unspecified atom stereocenters. The van der Waals surface area contributed by atoms with E-state index in [1.165, 1.54) is 12.1 Å². The second-order valence-corrected chi connectivity index (χ2v) is 5.43. The summed E-state index contributed by atoms with van der Waals surface area (Å²) in [6.07, 6.45) is 0. The molecular weight excluding hydrogens is 283 g/mol. The molecule has 0 aromatic heterocycles. The molecule has 0 spiro atoms. The summed E-state index contributed by atoms with van der Waals surface area (Å²) < 4.78 is 23.5. The Morgan fingerprint density at radius 2 is 1.68 bits per heavy atom. The summed E-state index contributed by atoms with van der Waals surface area (Å²) in [4.78, 5) is 11.8. The molecule has 3 nitrogen and oxygen atoms in total. The molecular formula is C18H19FO3. The summed E-state index contributed by atoms with van der Waals surface area (Å²) in [5.74, 6) is 0.346. The van der Waals surface area contributed by atoms with Crippen LogP contribution in [0.5, 0.6) is 5.75 Å². The van der Waals surface area contributed by atoms with Gasteiger partial charge in [-0.3, -0.25) is 0 Å². The zero-order chi connectivity index (χ0) is 15.9. The van der Waals surface area contributed by atoms with Crippen molar-refractivity contribution < 1.29 is 18.7 Å². The number of ether oxygens (including phenoxy) is 2. The van der Waals surface area contributed by atoms with Crippen molar-refractivity contribution in [3.63, 3.8) is 0 Å². The average Bonchev–Trinajstić information content (AvgIpc) is 2.52. The van der Waals surface area contributed by atoms with Crippen LogP contribution in [0.3, 0.4) is 0 Å². The third-order valence-electron chi connectivity index (χ3n) is 2.96. The van der Waals surface area contributed by atoms with E-state index in [4.69, 9.17) is 9.47 Å². The van der Waals surface area contributed by atoms with Gasteiger partial charge in [0, 0.05) is 0 Å². The maximum Gasteiger partial charge on any atom is 0.338 e. The van der Waals surface area contributed by atoms with E-state index in [1.807, 2.05) is 13.8 Å². The second-order valence-electron chi connectivity index (χ2n) is 5.43. The van der Waals surface area contributed by atoms with Crippen molar-refractivity contribution in [2.45, 2.75) is 20.5 Å². The molecule has 0 fully saturated rings. The average molecular weight is 302 g/mol. The molecule has 0 atom stereocenters. The zero-order valence-electron chi connectivity index (χ0n) is 12.7. The van der Waals surface area contributed by atoms with Gasteiger partial charge in [-0.2, -0.15) is 0 Å². The zero-order valence-corrected chi connectivity index (χ0v) is 12.7. The summed E-state index contributed by atoms with van der Waals surface area (Å²) in [6.45, 7) is 4.72. The first-order valence-corrected chi connectivity index (χ1v) is 7.19. The minimum absolute atomic E-state index is 0.270. The van der Waals surface area contributed by atoms with Crippen LogP contribution in [-0.2, 0) is 11.3 Å². The Balaban J connectivity index is 1.88. The summed E-state index contributed by atoms with van der Waals surface area (Å²) in [6, 6.07) is 12.9. The van der Waals surface area contributed by atoms with Gasteiger partial charge in [-0.05, 0) is 47.9 Å². The minimum atomic E-state index is -0.334. The lowest BCUT2D eigenvalue weighted by atomic mass is 10.2. The number of carbonyl (C=O) groups is 1. The maximum atomic E-state index is 12.8. The highest BCUT2D eigenvalue weighted by Crippen LogP contribution is 2.15. The second kappa shape index (κ2) is 7.59. The normalized spacial score (nSPS) is 10.5. The molecule has 116 valence electrons. The quantitative estimate of drug-likeness (QED) is 0.750. The smallest absolute Gasteiger partial charge is 0.338 e. The lowest BCUT2D eigenvalue weighted by Gasteiger charge is -2.09. The number of carbonyl (C=O) groups excluding carboxylic acids is 1. The minimum Gasteiger partial charge on any atom is -0.489 e. The van der Waals surface area contributed by atoms with Gasteiger partial charge in [0.25, 0.3) is 0 Å². The van der Waals surface area contributed by atoms with Crippen LogP contribution in [0.25, 0.3) is 0 Å². The number of hydrogen-bond acceptors (Lipinski definition) is 3. The van der Waals surface area contributed by atoms with Crippen LogP contribution in [0, 0.1) is 11.7 Å². The lowest BCUT2D eigenvalue weighted by molar-refractivity contribution is 0.0459. The summed E-state index contributed by atoms with van der Waals surface area (Å²) in [7, 11) is 0. The Bertz CT molecular complexity index is 603. The Labute approximate surface area is 129 Å². The van der Waals surface area contributed by atoms with Gasteiger partial charge in [-0.1, -0.05) is 26.0 Å². The van der Waals surface area contributed by atoms with Gasteiger partial charge in [-0.15, -0.1) is 0 Å². The van der Waals surface area contributed by atoms with Gasteiger partial charge in [-0.25, -0.2) is 9.18 Å². The maximum absolute atomic E-state index is 12.8. The molecule has 0 bridgehead atoms. The van der Waals surface area contributed by atoms with E-state index >= 15 is 0 Å². The first kappa shape index (κ1) is 16.0. The molecule has 0 saturated carbocycles. The molecule has 22 heavy (non-hydrogen) atoms. The number of halogens is 1. The van der Waals surface area contributed by atoms with E-state index in [-0.39, 0.29) is 11.8 Å². The highest BCUT2D eigenvalue weighted by Gasteiger charge is 2.08. The van der Waals surface area contributed by atoms with Crippen molar-refractivity contribution in [3.05, 3.63) is 65.5 Å². The highest BCUT2D eigenvalue weighted by molar-refractivity contribution is 5.89. The van der Waals surface area contributed by atoms with Gasteiger partial charge in [0.15, 0.2) is 0 Å². The summed E-state index contributed by atoms with van der Waals surface area (Å²) >= 11 is 0. The van der Waals surface area contributed by atoms with Crippen LogP contribution in [0.1, 0.15) is 29.8 Å². The molecule has 4 heteroatoms. The first-order valence-electron chi connectivity index (χ1n) is 7.19.